The lowest BCUT2D eigenvalue weighted by Crippen LogP contribution is -2.41. The Labute approximate surface area is 203 Å². The zero-order chi connectivity index (χ0) is 26.0. The van der Waals surface area contributed by atoms with Gasteiger partial charge in [0.2, 0.25) is 0 Å². The van der Waals surface area contributed by atoms with Gasteiger partial charge in [-0.2, -0.15) is 0 Å². The smallest absolute Gasteiger partial charge is 0.330 e. The first-order valence-electron chi connectivity index (χ1n) is 11.0. The van der Waals surface area contributed by atoms with Gasteiger partial charge in [-0.1, -0.05) is 30.3 Å². The normalized spacial score (nSPS) is 21.3. The average molecular weight is 500 g/mol. The van der Waals surface area contributed by atoms with E-state index in [1.165, 1.54) is 17.8 Å². The molecule has 0 saturated carbocycles. The minimum Gasteiger partial charge on any atom is -0.463 e. The van der Waals surface area contributed by atoms with E-state index < -0.39 is 53.7 Å². The van der Waals surface area contributed by atoms with E-state index in [4.69, 9.17) is 18.9 Å². The molecule has 1 fully saturated rings. The molecule has 0 unspecified atom stereocenters. The zero-order valence-electron chi connectivity index (χ0n) is 19.7. The number of imidazole rings is 1. The van der Waals surface area contributed by atoms with E-state index in [1.54, 1.807) is 0 Å². The van der Waals surface area contributed by atoms with Crippen LogP contribution in [0.5, 0.6) is 0 Å². The number of carbonyl (C=O) groups is 3. The Kier molecular flexibility index (Phi) is 7.01. The monoisotopic (exact) mass is 500 g/mol. The van der Waals surface area contributed by atoms with E-state index in [0.29, 0.717) is 0 Å². The SMILES string of the molecule is CC(=O)OC[C@H]1O[C@@H](n2c(=O)[nH]c3c(=O)n(Cc4ccccc4)cnc32)[C@H](OC(C)=O)[C@@H]1OC(C)=O. The maximum absolute atomic E-state index is 13.1. The molecule has 1 saturated heterocycles. The Balaban J connectivity index is 1.76. The fourth-order valence-electron chi connectivity index (χ4n) is 4.07. The molecule has 190 valence electrons. The minimum atomic E-state index is -1.34. The van der Waals surface area contributed by atoms with Crippen LogP contribution in [0.25, 0.3) is 11.2 Å². The first kappa shape index (κ1) is 24.9. The molecule has 0 bridgehead atoms. The van der Waals surface area contributed by atoms with Crippen LogP contribution in [-0.4, -0.2) is 61.9 Å². The summed E-state index contributed by atoms with van der Waals surface area (Å²) >= 11 is 0. The summed E-state index contributed by atoms with van der Waals surface area (Å²) in [6.45, 7) is 3.36. The molecule has 1 aromatic carbocycles. The predicted octanol–water partition coefficient (Wildman–Crippen LogP) is 0.259. The van der Waals surface area contributed by atoms with Gasteiger partial charge >= 0.3 is 23.6 Å². The van der Waals surface area contributed by atoms with E-state index in [9.17, 15) is 24.0 Å². The van der Waals surface area contributed by atoms with Crippen molar-refractivity contribution >= 4 is 29.1 Å². The van der Waals surface area contributed by atoms with E-state index in [1.807, 2.05) is 30.3 Å². The van der Waals surface area contributed by atoms with Crippen LogP contribution < -0.4 is 11.2 Å². The van der Waals surface area contributed by atoms with E-state index >= 15 is 0 Å². The molecule has 0 amide bonds. The lowest BCUT2D eigenvalue weighted by molar-refractivity contribution is -0.166. The van der Waals surface area contributed by atoms with Crippen LogP contribution >= 0.6 is 0 Å². The largest absolute Gasteiger partial charge is 0.463 e. The van der Waals surface area contributed by atoms with Crippen LogP contribution in [0.3, 0.4) is 0 Å². The van der Waals surface area contributed by atoms with E-state index in [-0.39, 0.29) is 24.3 Å². The topological polar surface area (TPSA) is 161 Å². The van der Waals surface area contributed by atoms with Gasteiger partial charge in [0.25, 0.3) is 5.56 Å². The quantitative estimate of drug-likeness (QED) is 0.352. The molecule has 1 aliphatic heterocycles. The van der Waals surface area contributed by atoms with E-state index in [0.717, 1.165) is 24.0 Å². The number of rotatable bonds is 7. The zero-order valence-corrected chi connectivity index (χ0v) is 19.7. The number of ether oxygens (including phenoxy) is 4. The molecule has 2 aromatic heterocycles. The second-order valence-corrected chi connectivity index (χ2v) is 8.18. The fourth-order valence-corrected chi connectivity index (χ4v) is 4.07. The minimum absolute atomic E-state index is 0.0498. The van der Waals surface area contributed by atoms with Gasteiger partial charge in [-0.25, -0.2) is 14.3 Å². The van der Waals surface area contributed by atoms with Gasteiger partial charge in [0.1, 0.15) is 19.0 Å². The second kappa shape index (κ2) is 10.2. The molecule has 13 heteroatoms. The molecule has 0 aliphatic carbocycles. The summed E-state index contributed by atoms with van der Waals surface area (Å²) in [5.74, 6) is -2.05. The van der Waals surface area contributed by atoms with Crippen molar-refractivity contribution in [3.05, 3.63) is 63.1 Å². The number of hydrogen-bond donors (Lipinski definition) is 1. The third kappa shape index (κ3) is 5.05. The lowest BCUT2D eigenvalue weighted by atomic mass is 10.1. The Hall–Kier alpha value is -4.26. The molecule has 4 atom stereocenters. The maximum Gasteiger partial charge on any atom is 0.330 e. The highest BCUT2D eigenvalue weighted by molar-refractivity contribution is 5.70. The number of H-pyrrole nitrogens is 1. The highest BCUT2D eigenvalue weighted by Crippen LogP contribution is 2.34. The number of hydrogen-bond acceptors (Lipinski definition) is 10. The summed E-state index contributed by atoms with van der Waals surface area (Å²) in [6.07, 6.45) is -3.61. The Morgan fingerprint density at radius 2 is 1.67 bits per heavy atom. The number of aromatic amines is 1. The van der Waals surface area contributed by atoms with Gasteiger partial charge in [-0.05, 0) is 5.56 Å². The maximum atomic E-state index is 13.1. The highest BCUT2D eigenvalue weighted by atomic mass is 16.7. The summed E-state index contributed by atoms with van der Waals surface area (Å²) in [7, 11) is 0. The molecular weight excluding hydrogens is 476 g/mol. The van der Waals surface area contributed by atoms with Crippen LogP contribution in [-0.2, 0) is 39.9 Å². The van der Waals surface area contributed by atoms with Crippen molar-refractivity contribution in [1.29, 1.82) is 0 Å². The molecule has 3 heterocycles. The number of nitrogens with zero attached hydrogens (tertiary/aromatic N) is 3. The Morgan fingerprint density at radius 1 is 1.00 bits per heavy atom. The van der Waals surface area contributed by atoms with E-state index in [2.05, 4.69) is 9.97 Å². The fraction of sp³-hybridized carbons (Fsp3) is 0.391. The number of aromatic nitrogens is 4. The van der Waals surface area contributed by atoms with Crippen molar-refractivity contribution in [3.8, 4) is 0 Å². The van der Waals surface area contributed by atoms with Crippen LogP contribution in [0.4, 0.5) is 0 Å². The van der Waals surface area contributed by atoms with Crippen LogP contribution in [0, 0.1) is 0 Å². The summed E-state index contributed by atoms with van der Waals surface area (Å²) < 4.78 is 23.9. The molecule has 0 spiro atoms. The highest BCUT2D eigenvalue weighted by Gasteiger charge is 2.51. The van der Waals surface area contributed by atoms with Gasteiger partial charge in [-0.3, -0.25) is 28.7 Å². The van der Waals surface area contributed by atoms with Crippen LogP contribution in [0.1, 0.15) is 32.6 Å². The van der Waals surface area contributed by atoms with Crippen molar-refractivity contribution in [3.63, 3.8) is 0 Å². The Bertz CT molecular complexity index is 1410. The number of fused-ring (bicyclic) bond motifs is 1. The summed E-state index contributed by atoms with van der Waals surface area (Å²) in [5, 5.41) is 0. The van der Waals surface area contributed by atoms with Crippen molar-refractivity contribution in [2.24, 2.45) is 0 Å². The van der Waals surface area contributed by atoms with Gasteiger partial charge < -0.3 is 18.9 Å². The first-order chi connectivity index (χ1) is 17.2. The molecule has 1 N–H and O–H groups in total. The van der Waals surface area contributed by atoms with Gasteiger partial charge in [-0.15, -0.1) is 0 Å². The predicted molar refractivity (Wildman–Crippen MR) is 122 cm³/mol. The van der Waals surface area contributed by atoms with Crippen LogP contribution in [0.2, 0.25) is 0 Å². The van der Waals surface area contributed by atoms with Crippen molar-refractivity contribution in [2.45, 2.75) is 51.9 Å². The van der Waals surface area contributed by atoms with Crippen molar-refractivity contribution < 1.29 is 33.3 Å². The Morgan fingerprint density at radius 3 is 2.31 bits per heavy atom. The lowest BCUT2D eigenvalue weighted by Gasteiger charge is -2.23. The second-order valence-electron chi connectivity index (χ2n) is 8.18. The van der Waals surface area contributed by atoms with Gasteiger partial charge in [0.05, 0.1) is 6.54 Å². The number of nitrogens with one attached hydrogen (secondary N) is 1. The number of carbonyl (C=O) groups excluding carboxylic acids is 3. The van der Waals surface area contributed by atoms with Gasteiger partial charge in [0.15, 0.2) is 29.6 Å². The number of esters is 3. The molecule has 36 heavy (non-hydrogen) atoms. The third-order valence-electron chi connectivity index (χ3n) is 5.49. The van der Waals surface area contributed by atoms with Gasteiger partial charge in [0, 0.05) is 20.8 Å². The summed E-state index contributed by atoms with van der Waals surface area (Å²) in [5.41, 5.74) is -0.546. The average Bonchev–Trinajstić information content (AvgIpc) is 3.31. The van der Waals surface area contributed by atoms with Crippen molar-refractivity contribution in [1.82, 2.24) is 19.1 Å². The molecule has 13 nitrogen and oxygen atoms in total. The summed E-state index contributed by atoms with van der Waals surface area (Å²) in [6, 6.07) is 9.22. The molecule has 4 rings (SSSR count). The molecule has 1 aliphatic rings. The van der Waals surface area contributed by atoms with Crippen LogP contribution in [0.15, 0.2) is 46.2 Å². The molecular formula is C23H24N4O9. The third-order valence-corrected chi connectivity index (χ3v) is 5.49. The number of benzene rings is 1. The molecule has 0 radical (unpaired) electrons. The summed E-state index contributed by atoms with van der Waals surface area (Å²) in [4.78, 5) is 67.9. The first-order valence-corrected chi connectivity index (χ1v) is 11.0. The standard InChI is InChI=1S/C23H24N4O9/c1-12(28)33-10-16-18(34-13(2)29)19(35-14(3)30)22(36-16)27-20-17(25-23(27)32)21(31)26(11-24-20)9-15-7-5-4-6-8-15/h4-8,11,16,18-19,22H,9-10H2,1-3H3,(H,25,32)/t16-,18-,19-,22-/m1/s1. The van der Waals surface area contributed by atoms with Crippen molar-refractivity contribution in [2.75, 3.05) is 6.61 Å². The molecule has 3 aromatic rings.